The van der Waals surface area contributed by atoms with Crippen LogP contribution in [0.15, 0.2) is 63.4 Å². The average Bonchev–Trinajstić information content (AvgIpc) is 3.04. The summed E-state index contributed by atoms with van der Waals surface area (Å²) < 4.78 is 12.3. The molecule has 0 unspecified atom stereocenters. The van der Waals surface area contributed by atoms with Crippen LogP contribution in [0.5, 0.6) is 11.5 Å². The number of benzene rings is 1. The van der Waals surface area contributed by atoms with E-state index in [1.54, 1.807) is 13.3 Å². The lowest BCUT2D eigenvalue weighted by Gasteiger charge is -2.08. The van der Waals surface area contributed by atoms with E-state index in [1.807, 2.05) is 35.0 Å². The molecule has 0 saturated carbocycles. The molecule has 1 N–H and O–H groups in total. The number of aromatic nitrogens is 2. The summed E-state index contributed by atoms with van der Waals surface area (Å²) in [6.45, 7) is 0. The van der Waals surface area contributed by atoms with Crippen LogP contribution in [0.2, 0.25) is 0 Å². The maximum atomic E-state index is 11.4. The van der Waals surface area contributed by atoms with Crippen LogP contribution in [0.1, 0.15) is 5.76 Å². The van der Waals surface area contributed by atoms with E-state index in [0.717, 1.165) is 22.9 Å². The van der Waals surface area contributed by atoms with Crippen LogP contribution in [-0.4, -0.2) is 21.8 Å². The number of thioether (sulfide) groups is 1. The number of aromatic hydroxyl groups is 1. The van der Waals surface area contributed by atoms with Crippen molar-refractivity contribution in [3.63, 3.8) is 0 Å². The standard InChI is InChI=1S/C16H14N2O4S/c1-21-12-4-2-11(3-5-12)18-7-6-17-16(18)23-10-13-8-14(19)15(20)9-22-13/h2-9,20H,10H2,1H3. The van der Waals surface area contributed by atoms with E-state index in [0.29, 0.717) is 11.5 Å². The van der Waals surface area contributed by atoms with Gasteiger partial charge < -0.3 is 14.3 Å². The maximum Gasteiger partial charge on any atom is 0.226 e. The zero-order valence-corrected chi connectivity index (χ0v) is 13.1. The van der Waals surface area contributed by atoms with Crippen molar-refractivity contribution in [2.75, 3.05) is 7.11 Å². The minimum Gasteiger partial charge on any atom is -0.502 e. The largest absolute Gasteiger partial charge is 0.502 e. The van der Waals surface area contributed by atoms with E-state index in [1.165, 1.54) is 17.8 Å². The first-order valence-electron chi connectivity index (χ1n) is 6.78. The van der Waals surface area contributed by atoms with Crippen LogP contribution in [0, 0.1) is 0 Å². The smallest absolute Gasteiger partial charge is 0.226 e. The van der Waals surface area contributed by atoms with Gasteiger partial charge in [-0.05, 0) is 24.3 Å². The first-order valence-corrected chi connectivity index (χ1v) is 7.77. The van der Waals surface area contributed by atoms with Crippen molar-refractivity contribution < 1.29 is 14.3 Å². The molecule has 0 bridgehead atoms. The number of ether oxygens (including phenoxy) is 1. The number of imidazole rings is 1. The second-order valence-electron chi connectivity index (χ2n) is 4.66. The van der Waals surface area contributed by atoms with Gasteiger partial charge in [0.05, 0.1) is 12.9 Å². The predicted octanol–water partition coefficient (Wildman–Crippen LogP) is 2.83. The third kappa shape index (κ3) is 3.40. The molecule has 0 atom stereocenters. The normalized spacial score (nSPS) is 10.7. The number of methoxy groups -OCH3 is 1. The molecule has 7 heteroatoms. The molecule has 0 amide bonds. The van der Waals surface area contributed by atoms with Crippen molar-refractivity contribution in [3.8, 4) is 17.2 Å². The molecule has 0 aliphatic rings. The molecule has 0 radical (unpaired) electrons. The third-order valence-corrected chi connectivity index (χ3v) is 4.16. The highest BCUT2D eigenvalue weighted by Gasteiger charge is 2.08. The van der Waals surface area contributed by atoms with Gasteiger partial charge in [0.1, 0.15) is 17.8 Å². The Morgan fingerprint density at radius 1 is 1.35 bits per heavy atom. The van der Waals surface area contributed by atoms with Gasteiger partial charge in [0.2, 0.25) is 5.43 Å². The Hall–Kier alpha value is -2.67. The summed E-state index contributed by atoms with van der Waals surface area (Å²) in [5.74, 6) is 1.30. The van der Waals surface area contributed by atoms with Crippen molar-refractivity contribution in [1.82, 2.24) is 9.55 Å². The van der Waals surface area contributed by atoms with Gasteiger partial charge in [0.15, 0.2) is 10.9 Å². The third-order valence-electron chi connectivity index (χ3n) is 3.17. The number of nitrogens with zero attached hydrogens (tertiary/aromatic N) is 2. The minimum absolute atomic E-state index is 0.390. The zero-order valence-electron chi connectivity index (χ0n) is 12.3. The molecule has 0 saturated heterocycles. The van der Waals surface area contributed by atoms with E-state index in [2.05, 4.69) is 4.98 Å². The second-order valence-corrected chi connectivity index (χ2v) is 5.60. The van der Waals surface area contributed by atoms with E-state index in [9.17, 15) is 9.90 Å². The van der Waals surface area contributed by atoms with Crippen LogP contribution in [0.4, 0.5) is 0 Å². The van der Waals surface area contributed by atoms with Gasteiger partial charge in [-0.2, -0.15) is 0 Å². The van der Waals surface area contributed by atoms with Gasteiger partial charge in [-0.15, -0.1) is 0 Å². The molecule has 0 aliphatic carbocycles. The molecule has 0 fully saturated rings. The van der Waals surface area contributed by atoms with E-state index in [-0.39, 0.29) is 0 Å². The molecule has 0 aliphatic heterocycles. The topological polar surface area (TPSA) is 77.5 Å². The average molecular weight is 330 g/mol. The minimum atomic E-state index is -0.453. The Kier molecular flexibility index (Phi) is 4.38. The maximum absolute atomic E-state index is 11.4. The summed E-state index contributed by atoms with van der Waals surface area (Å²) >= 11 is 1.43. The lowest BCUT2D eigenvalue weighted by molar-refractivity contribution is 0.414. The molecule has 23 heavy (non-hydrogen) atoms. The van der Waals surface area contributed by atoms with Crippen molar-refractivity contribution in [1.29, 1.82) is 0 Å². The van der Waals surface area contributed by atoms with Gasteiger partial charge in [-0.3, -0.25) is 9.36 Å². The molecule has 6 nitrogen and oxygen atoms in total. The fourth-order valence-electron chi connectivity index (χ4n) is 1.99. The van der Waals surface area contributed by atoms with E-state index in [4.69, 9.17) is 9.15 Å². The van der Waals surface area contributed by atoms with Crippen LogP contribution >= 0.6 is 11.8 Å². The number of rotatable bonds is 5. The molecule has 2 heterocycles. The van der Waals surface area contributed by atoms with Crippen LogP contribution < -0.4 is 10.2 Å². The summed E-state index contributed by atoms with van der Waals surface area (Å²) in [7, 11) is 1.62. The molecule has 118 valence electrons. The molecule has 3 aromatic rings. The lowest BCUT2D eigenvalue weighted by atomic mass is 10.3. The van der Waals surface area contributed by atoms with Crippen LogP contribution in [0.3, 0.4) is 0 Å². The SMILES string of the molecule is COc1ccc(-n2ccnc2SCc2cc(=O)c(O)co2)cc1. The summed E-state index contributed by atoms with van der Waals surface area (Å²) in [6.07, 6.45) is 4.62. The van der Waals surface area contributed by atoms with Crippen LogP contribution in [0.25, 0.3) is 5.69 Å². The first kappa shape index (κ1) is 15.2. The summed E-state index contributed by atoms with van der Waals surface area (Å²) in [5, 5.41) is 9.96. The van der Waals surface area contributed by atoms with Crippen molar-refractivity contribution >= 4 is 11.8 Å². The molecular weight excluding hydrogens is 316 g/mol. The van der Waals surface area contributed by atoms with Gasteiger partial charge in [0, 0.05) is 24.1 Å². The number of hydrogen-bond acceptors (Lipinski definition) is 6. The molecule has 3 rings (SSSR count). The number of hydrogen-bond donors (Lipinski definition) is 1. The fraction of sp³-hybridized carbons (Fsp3) is 0.125. The van der Waals surface area contributed by atoms with Gasteiger partial charge in [0.25, 0.3) is 0 Å². The molecular formula is C16H14N2O4S. The van der Waals surface area contributed by atoms with Crippen molar-refractivity contribution in [2.45, 2.75) is 10.9 Å². The highest BCUT2D eigenvalue weighted by atomic mass is 32.2. The van der Waals surface area contributed by atoms with Gasteiger partial charge >= 0.3 is 0 Å². The first-order chi connectivity index (χ1) is 11.2. The Labute approximate surface area is 136 Å². The van der Waals surface area contributed by atoms with Gasteiger partial charge in [-0.1, -0.05) is 11.8 Å². The fourth-order valence-corrected chi connectivity index (χ4v) is 2.85. The van der Waals surface area contributed by atoms with Crippen molar-refractivity contribution in [2.24, 2.45) is 0 Å². The van der Waals surface area contributed by atoms with E-state index >= 15 is 0 Å². The lowest BCUT2D eigenvalue weighted by Crippen LogP contribution is -2.00. The van der Waals surface area contributed by atoms with Gasteiger partial charge in [-0.25, -0.2) is 4.98 Å². The second kappa shape index (κ2) is 6.62. The Morgan fingerprint density at radius 3 is 2.83 bits per heavy atom. The Bertz CT molecular complexity index is 855. The molecule has 2 aromatic heterocycles. The van der Waals surface area contributed by atoms with E-state index < -0.39 is 11.2 Å². The Morgan fingerprint density at radius 2 is 2.13 bits per heavy atom. The van der Waals surface area contributed by atoms with Crippen LogP contribution in [-0.2, 0) is 5.75 Å². The predicted molar refractivity (Wildman–Crippen MR) is 86.3 cm³/mol. The highest BCUT2D eigenvalue weighted by Crippen LogP contribution is 2.25. The molecule has 0 spiro atoms. The quantitative estimate of drug-likeness (QED) is 0.725. The summed E-state index contributed by atoms with van der Waals surface area (Å²) in [6, 6.07) is 8.91. The van der Waals surface area contributed by atoms with Crippen molar-refractivity contribution in [3.05, 3.63) is 65.0 Å². The molecule has 1 aromatic carbocycles. The monoisotopic (exact) mass is 330 g/mol. The Balaban J connectivity index is 1.77. The summed E-state index contributed by atoms with van der Waals surface area (Å²) in [5.41, 5.74) is 0.503. The highest BCUT2D eigenvalue weighted by molar-refractivity contribution is 7.98. The summed E-state index contributed by atoms with van der Waals surface area (Å²) in [4.78, 5) is 15.7. The zero-order chi connectivity index (χ0) is 16.2.